The van der Waals surface area contributed by atoms with Crippen LogP contribution >= 0.6 is 0 Å². The van der Waals surface area contributed by atoms with E-state index in [1.165, 1.54) is 0 Å². The van der Waals surface area contributed by atoms with Crippen molar-refractivity contribution < 1.29 is 9.53 Å². The molecule has 0 radical (unpaired) electrons. The van der Waals surface area contributed by atoms with Gasteiger partial charge in [0.15, 0.2) is 5.82 Å². The number of fused-ring (bicyclic) bond motifs is 2. The average Bonchev–Trinajstić information content (AvgIpc) is 3.08. The van der Waals surface area contributed by atoms with Gasteiger partial charge in [0.1, 0.15) is 11.4 Å². The maximum Gasteiger partial charge on any atom is 0.260 e. The maximum absolute atomic E-state index is 13.4. The molecular weight excluding hydrogens is 502 g/mol. The normalized spacial score (nSPS) is 15.4. The first-order valence-corrected chi connectivity index (χ1v) is 13.5. The van der Waals surface area contributed by atoms with Crippen molar-refractivity contribution in [3.8, 4) is 5.75 Å². The second-order valence-corrected chi connectivity index (χ2v) is 10.2. The Morgan fingerprint density at radius 1 is 0.900 bits per heavy atom. The molecule has 1 fully saturated rings. The molecule has 1 N–H and O–H groups in total. The number of carbonyl (C=O) groups excluding carboxylic acids is 1. The molecule has 2 aliphatic rings. The Hall–Kier alpha value is -4.63. The molecule has 1 aromatic heterocycles. The third-order valence-corrected chi connectivity index (χ3v) is 7.58. The van der Waals surface area contributed by atoms with E-state index in [1.807, 2.05) is 48.5 Å². The first kappa shape index (κ1) is 25.6. The summed E-state index contributed by atoms with van der Waals surface area (Å²) in [7, 11) is 5.59. The predicted molar refractivity (Wildman–Crippen MR) is 159 cm³/mol. The van der Waals surface area contributed by atoms with Crippen LogP contribution in [-0.4, -0.2) is 68.2 Å². The van der Waals surface area contributed by atoms with Gasteiger partial charge in [-0.2, -0.15) is 4.98 Å². The Kier molecular flexibility index (Phi) is 6.96. The highest BCUT2D eigenvalue weighted by Gasteiger charge is 2.31. The Morgan fingerprint density at radius 2 is 1.65 bits per heavy atom. The lowest BCUT2D eigenvalue weighted by Crippen LogP contribution is -2.44. The fourth-order valence-corrected chi connectivity index (χ4v) is 5.25. The van der Waals surface area contributed by atoms with Gasteiger partial charge >= 0.3 is 0 Å². The van der Waals surface area contributed by atoms with Crippen molar-refractivity contribution in [2.75, 3.05) is 67.4 Å². The number of benzene rings is 3. The average molecular weight is 536 g/mol. The van der Waals surface area contributed by atoms with Gasteiger partial charge < -0.3 is 29.7 Å². The molecule has 3 aromatic carbocycles. The molecular formula is C31H33N7O2. The standard InChI is InChI=1S/C31H33N7O2/c1-35-15-17-37(18-16-35)23-13-14-25(28(19-23)40-3)33-31-32-20-27-29(34-31)38(21-22-9-5-4-6-10-22)26-12-8-7-11-24(26)30(39)36(27)2/h4-14,19-20H,15-18,21H2,1-3H3,(H,32,33,34). The summed E-state index contributed by atoms with van der Waals surface area (Å²) in [4.78, 5) is 31.4. The number of amides is 1. The quantitative estimate of drug-likeness (QED) is 0.373. The van der Waals surface area contributed by atoms with Crippen molar-refractivity contribution in [1.82, 2.24) is 14.9 Å². The zero-order valence-corrected chi connectivity index (χ0v) is 23.0. The van der Waals surface area contributed by atoms with Crippen molar-refractivity contribution in [2.45, 2.75) is 6.54 Å². The lowest BCUT2D eigenvalue weighted by Gasteiger charge is -2.34. The number of likely N-dealkylation sites (N-methyl/N-ethyl adjacent to an activating group) is 1. The molecule has 9 heteroatoms. The fraction of sp³-hybridized carbons (Fsp3) is 0.258. The number of para-hydroxylation sites is 1. The molecule has 0 saturated carbocycles. The van der Waals surface area contributed by atoms with E-state index in [2.05, 4.69) is 56.3 Å². The molecule has 40 heavy (non-hydrogen) atoms. The third-order valence-electron chi connectivity index (χ3n) is 7.58. The first-order chi connectivity index (χ1) is 19.5. The van der Waals surface area contributed by atoms with E-state index in [4.69, 9.17) is 9.72 Å². The van der Waals surface area contributed by atoms with Gasteiger partial charge in [0.05, 0.1) is 30.2 Å². The van der Waals surface area contributed by atoms with Crippen LogP contribution in [0.3, 0.4) is 0 Å². The highest BCUT2D eigenvalue weighted by Crippen LogP contribution is 2.40. The van der Waals surface area contributed by atoms with Gasteiger partial charge in [0, 0.05) is 51.5 Å². The van der Waals surface area contributed by atoms with Gasteiger partial charge in [0.2, 0.25) is 5.95 Å². The third kappa shape index (κ3) is 4.91. The van der Waals surface area contributed by atoms with Crippen LogP contribution in [0, 0.1) is 0 Å². The summed E-state index contributed by atoms with van der Waals surface area (Å²) < 4.78 is 5.76. The summed E-state index contributed by atoms with van der Waals surface area (Å²) in [5, 5.41) is 3.36. The second kappa shape index (κ2) is 10.9. The molecule has 2 aliphatic heterocycles. The summed E-state index contributed by atoms with van der Waals surface area (Å²) in [6.45, 7) is 4.57. The number of hydrogen-bond acceptors (Lipinski definition) is 8. The minimum Gasteiger partial charge on any atom is -0.494 e. The van der Waals surface area contributed by atoms with E-state index in [0.717, 1.165) is 48.8 Å². The van der Waals surface area contributed by atoms with Crippen molar-refractivity contribution >= 4 is 40.4 Å². The summed E-state index contributed by atoms with van der Waals surface area (Å²) in [6.07, 6.45) is 1.71. The van der Waals surface area contributed by atoms with Crippen LogP contribution in [0.1, 0.15) is 15.9 Å². The molecule has 0 aliphatic carbocycles. The van der Waals surface area contributed by atoms with Crippen molar-refractivity contribution in [2.24, 2.45) is 0 Å². The van der Waals surface area contributed by atoms with Gasteiger partial charge in [-0.25, -0.2) is 4.98 Å². The summed E-state index contributed by atoms with van der Waals surface area (Å²) in [6, 6.07) is 24.0. The Morgan fingerprint density at radius 3 is 2.42 bits per heavy atom. The molecule has 0 atom stereocenters. The topological polar surface area (TPSA) is 77.1 Å². The minimum absolute atomic E-state index is 0.0992. The number of anilines is 6. The molecule has 0 spiro atoms. The van der Waals surface area contributed by atoms with Gasteiger partial charge in [-0.15, -0.1) is 0 Å². The first-order valence-electron chi connectivity index (χ1n) is 13.5. The van der Waals surface area contributed by atoms with Gasteiger partial charge in [-0.3, -0.25) is 4.79 Å². The number of carbonyl (C=O) groups is 1. The molecule has 9 nitrogen and oxygen atoms in total. The van der Waals surface area contributed by atoms with Crippen LogP contribution in [0.4, 0.5) is 34.5 Å². The summed E-state index contributed by atoms with van der Waals surface area (Å²) in [5.41, 5.74) is 5.07. The van der Waals surface area contributed by atoms with E-state index in [9.17, 15) is 4.79 Å². The second-order valence-electron chi connectivity index (χ2n) is 10.2. The van der Waals surface area contributed by atoms with Crippen LogP contribution in [0.15, 0.2) is 79.0 Å². The Balaban J connectivity index is 1.37. The molecule has 1 amide bonds. The zero-order valence-electron chi connectivity index (χ0n) is 23.0. The minimum atomic E-state index is -0.0992. The molecule has 3 heterocycles. The lowest BCUT2D eigenvalue weighted by atomic mass is 10.1. The van der Waals surface area contributed by atoms with Gasteiger partial charge in [0.25, 0.3) is 5.91 Å². The van der Waals surface area contributed by atoms with Gasteiger partial charge in [-0.1, -0.05) is 42.5 Å². The lowest BCUT2D eigenvalue weighted by molar-refractivity contribution is 0.0994. The number of nitrogens with zero attached hydrogens (tertiary/aromatic N) is 6. The van der Waals surface area contributed by atoms with Crippen LogP contribution in [0.5, 0.6) is 5.75 Å². The van der Waals surface area contributed by atoms with E-state index in [1.54, 1.807) is 25.3 Å². The van der Waals surface area contributed by atoms with E-state index >= 15 is 0 Å². The molecule has 1 saturated heterocycles. The number of rotatable bonds is 6. The van der Waals surface area contributed by atoms with Crippen LogP contribution in [-0.2, 0) is 6.54 Å². The smallest absolute Gasteiger partial charge is 0.260 e. The SMILES string of the molecule is COc1cc(N2CCN(C)CC2)ccc1Nc1ncc2c(n1)N(Cc1ccccc1)c1ccccc1C(=O)N2C. The molecule has 4 aromatic rings. The van der Waals surface area contributed by atoms with E-state index < -0.39 is 0 Å². The predicted octanol–water partition coefficient (Wildman–Crippen LogP) is 4.91. The number of aromatic nitrogens is 2. The highest BCUT2D eigenvalue weighted by atomic mass is 16.5. The number of methoxy groups -OCH3 is 1. The number of nitrogens with one attached hydrogen (secondary N) is 1. The van der Waals surface area contributed by atoms with E-state index in [-0.39, 0.29) is 5.91 Å². The number of piperazine rings is 1. The molecule has 204 valence electrons. The Bertz CT molecular complexity index is 1520. The number of ether oxygens (including phenoxy) is 1. The monoisotopic (exact) mass is 535 g/mol. The molecule has 0 bridgehead atoms. The summed E-state index contributed by atoms with van der Waals surface area (Å²) >= 11 is 0. The van der Waals surface area contributed by atoms with Gasteiger partial charge in [-0.05, 0) is 36.9 Å². The highest BCUT2D eigenvalue weighted by molar-refractivity contribution is 6.13. The molecule has 6 rings (SSSR count). The maximum atomic E-state index is 13.4. The van der Waals surface area contributed by atoms with Crippen molar-refractivity contribution in [3.05, 3.63) is 90.1 Å². The molecule has 0 unspecified atom stereocenters. The summed E-state index contributed by atoms with van der Waals surface area (Å²) in [5.74, 6) is 1.68. The number of hydrogen-bond donors (Lipinski definition) is 1. The zero-order chi connectivity index (χ0) is 27.6. The largest absolute Gasteiger partial charge is 0.494 e. The van der Waals surface area contributed by atoms with Crippen LogP contribution in [0.2, 0.25) is 0 Å². The van der Waals surface area contributed by atoms with E-state index in [0.29, 0.717) is 35.3 Å². The van der Waals surface area contributed by atoms with Crippen LogP contribution < -0.4 is 24.8 Å². The van der Waals surface area contributed by atoms with Crippen molar-refractivity contribution in [1.29, 1.82) is 0 Å². The fourth-order valence-electron chi connectivity index (χ4n) is 5.25. The van der Waals surface area contributed by atoms with Crippen molar-refractivity contribution in [3.63, 3.8) is 0 Å². The van der Waals surface area contributed by atoms with Crippen LogP contribution in [0.25, 0.3) is 0 Å². The Labute approximate surface area is 234 Å².